The van der Waals surface area contributed by atoms with Crippen molar-refractivity contribution >= 4 is 5.91 Å². The summed E-state index contributed by atoms with van der Waals surface area (Å²) in [6.45, 7) is 8.61. The largest absolute Gasteiger partial charge is 0.361 e. The first-order valence-electron chi connectivity index (χ1n) is 9.24. The highest BCUT2D eigenvalue weighted by Crippen LogP contribution is 2.22. The molecule has 132 valence electrons. The molecule has 1 aliphatic heterocycles. The summed E-state index contributed by atoms with van der Waals surface area (Å²) in [6, 6.07) is 0. The highest BCUT2D eigenvalue weighted by Gasteiger charge is 2.26. The molecule has 5 nitrogen and oxygen atoms in total. The van der Waals surface area contributed by atoms with Crippen LogP contribution in [0.3, 0.4) is 0 Å². The van der Waals surface area contributed by atoms with Gasteiger partial charge in [-0.25, -0.2) is 0 Å². The molecule has 1 amide bonds. The van der Waals surface area contributed by atoms with Crippen molar-refractivity contribution in [1.29, 1.82) is 0 Å². The SMILES string of the molecule is Cc1noc(C)c1C(=O)N(CCN1CCCC1)C[C@H]1CC=CCC1. The van der Waals surface area contributed by atoms with Gasteiger partial charge in [0.25, 0.3) is 5.91 Å². The lowest BCUT2D eigenvalue weighted by atomic mass is 9.93. The Morgan fingerprint density at radius 3 is 2.75 bits per heavy atom. The topological polar surface area (TPSA) is 49.6 Å². The van der Waals surface area contributed by atoms with Crippen molar-refractivity contribution in [1.82, 2.24) is 15.0 Å². The van der Waals surface area contributed by atoms with Crippen LogP contribution < -0.4 is 0 Å². The van der Waals surface area contributed by atoms with Gasteiger partial charge in [-0.05, 0) is 65.0 Å². The van der Waals surface area contributed by atoms with E-state index < -0.39 is 0 Å². The molecule has 0 spiro atoms. The fraction of sp³-hybridized carbons (Fsp3) is 0.684. The van der Waals surface area contributed by atoms with Crippen molar-refractivity contribution < 1.29 is 9.32 Å². The highest BCUT2D eigenvalue weighted by molar-refractivity contribution is 5.96. The zero-order valence-corrected chi connectivity index (χ0v) is 15.0. The predicted octanol–water partition coefficient (Wildman–Crippen LogP) is 3.19. The summed E-state index contributed by atoms with van der Waals surface area (Å²) in [7, 11) is 0. The van der Waals surface area contributed by atoms with E-state index in [1.54, 1.807) is 0 Å². The summed E-state index contributed by atoms with van der Waals surface area (Å²) < 4.78 is 5.22. The third-order valence-corrected chi connectivity index (χ3v) is 5.28. The van der Waals surface area contributed by atoms with Gasteiger partial charge in [0.1, 0.15) is 11.3 Å². The molecule has 2 aliphatic rings. The van der Waals surface area contributed by atoms with Crippen molar-refractivity contribution in [2.75, 3.05) is 32.7 Å². The van der Waals surface area contributed by atoms with E-state index >= 15 is 0 Å². The van der Waals surface area contributed by atoms with Gasteiger partial charge in [0.2, 0.25) is 0 Å². The number of hydrogen-bond donors (Lipinski definition) is 0. The van der Waals surface area contributed by atoms with Crippen LogP contribution in [0, 0.1) is 19.8 Å². The smallest absolute Gasteiger partial charge is 0.259 e. The van der Waals surface area contributed by atoms with Gasteiger partial charge in [-0.1, -0.05) is 17.3 Å². The zero-order chi connectivity index (χ0) is 16.9. The normalized spacial score (nSPS) is 21.3. The number of amides is 1. The van der Waals surface area contributed by atoms with Crippen molar-refractivity contribution in [2.24, 2.45) is 5.92 Å². The summed E-state index contributed by atoms with van der Waals surface area (Å²) in [5, 5.41) is 3.96. The molecule has 3 rings (SSSR count). The predicted molar refractivity (Wildman–Crippen MR) is 94.0 cm³/mol. The van der Waals surface area contributed by atoms with Gasteiger partial charge in [0.15, 0.2) is 0 Å². The average Bonchev–Trinajstić information content (AvgIpc) is 3.22. The van der Waals surface area contributed by atoms with E-state index in [0.29, 0.717) is 22.9 Å². The molecular formula is C19H29N3O2. The third-order valence-electron chi connectivity index (χ3n) is 5.28. The molecule has 24 heavy (non-hydrogen) atoms. The van der Waals surface area contributed by atoms with Crippen molar-refractivity contribution in [3.63, 3.8) is 0 Å². The monoisotopic (exact) mass is 331 g/mol. The molecule has 0 bridgehead atoms. The molecule has 1 aliphatic carbocycles. The Balaban J connectivity index is 1.69. The Labute approximate surface area is 144 Å². The van der Waals surface area contributed by atoms with E-state index in [9.17, 15) is 4.79 Å². The standard InChI is InChI=1S/C19H29N3O2/c1-15-18(16(2)24-20-15)19(23)22(13-12-21-10-6-7-11-21)14-17-8-4-3-5-9-17/h3-4,17H,5-14H2,1-2H3/t17-/m0/s1. The van der Waals surface area contributed by atoms with Crippen LogP contribution in [0.4, 0.5) is 0 Å². The second kappa shape index (κ2) is 7.97. The average molecular weight is 331 g/mol. The van der Waals surface area contributed by atoms with Crippen LogP contribution in [-0.4, -0.2) is 53.6 Å². The number of nitrogens with zero attached hydrogens (tertiary/aromatic N) is 3. The summed E-state index contributed by atoms with van der Waals surface area (Å²) >= 11 is 0. The minimum absolute atomic E-state index is 0.0833. The van der Waals surface area contributed by atoms with Crippen LogP contribution in [0.15, 0.2) is 16.7 Å². The number of hydrogen-bond acceptors (Lipinski definition) is 4. The van der Waals surface area contributed by atoms with Crippen LogP contribution >= 0.6 is 0 Å². The molecule has 1 saturated heterocycles. The van der Waals surface area contributed by atoms with Gasteiger partial charge in [0, 0.05) is 19.6 Å². The molecule has 1 atom stereocenters. The fourth-order valence-electron chi connectivity index (χ4n) is 3.82. The minimum Gasteiger partial charge on any atom is -0.361 e. The fourth-order valence-corrected chi connectivity index (χ4v) is 3.82. The number of carbonyl (C=O) groups excluding carboxylic acids is 1. The van der Waals surface area contributed by atoms with Gasteiger partial charge >= 0.3 is 0 Å². The van der Waals surface area contributed by atoms with Crippen molar-refractivity contribution in [3.05, 3.63) is 29.2 Å². The van der Waals surface area contributed by atoms with Gasteiger partial charge in [0.05, 0.1) is 5.69 Å². The Morgan fingerprint density at radius 2 is 2.12 bits per heavy atom. The van der Waals surface area contributed by atoms with Crippen molar-refractivity contribution in [3.8, 4) is 0 Å². The lowest BCUT2D eigenvalue weighted by molar-refractivity contribution is 0.0705. The molecular weight excluding hydrogens is 302 g/mol. The van der Waals surface area contributed by atoms with Crippen LogP contribution in [0.25, 0.3) is 0 Å². The van der Waals surface area contributed by atoms with E-state index in [1.807, 2.05) is 18.7 Å². The van der Waals surface area contributed by atoms with Crippen molar-refractivity contribution in [2.45, 2.75) is 46.0 Å². The maximum absolute atomic E-state index is 13.1. The van der Waals surface area contributed by atoms with E-state index in [4.69, 9.17) is 4.52 Å². The van der Waals surface area contributed by atoms with E-state index in [1.165, 1.54) is 32.4 Å². The molecule has 1 aromatic rings. The Kier molecular flexibility index (Phi) is 5.72. The second-order valence-corrected chi connectivity index (χ2v) is 7.15. The third kappa shape index (κ3) is 4.07. The molecule has 1 aromatic heterocycles. The molecule has 0 saturated carbocycles. The van der Waals surface area contributed by atoms with E-state index in [2.05, 4.69) is 22.2 Å². The molecule has 2 heterocycles. The van der Waals surface area contributed by atoms with Crippen LogP contribution in [0.1, 0.15) is 53.9 Å². The number of rotatable bonds is 6. The van der Waals surface area contributed by atoms with Crippen LogP contribution in [0.2, 0.25) is 0 Å². The van der Waals surface area contributed by atoms with Gasteiger partial charge in [-0.2, -0.15) is 0 Å². The quantitative estimate of drug-likeness (QED) is 0.751. The Hall–Kier alpha value is -1.62. The molecule has 5 heteroatoms. The molecule has 0 unspecified atom stereocenters. The first-order valence-corrected chi connectivity index (χ1v) is 9.24. The molecule has 0 radical (unpaired) electrons. The first-order chi connectivity index (χ1) is 11.6. The second-order valence-electron chi connectivity index (χ2n) is 7.15. The first kappa shape index (κ1) is 17.2. The summed E-state index contributed by atoms with van der Waals surface area (Å²) in [4.78, 5) is 17.6. The number of aryl methyl sites for hydroxylation is 2. The Bertz CT molecular complexity index is 568. The van der Waals surface area contributed by atoms with Crippen LogP contribution in [-0.2, 0) is 0 Å². The van der Waals surface area contributed by atoms with E-state index in [-0.39, 0.29) is 5.91 Å². The Morgan fingerprint density at radius 1 is 1.33 bits per heavy atom. The van der Waals surface area contributed by atoms with Gasteiger partial charge in [-0.15, -0.1) is 0 Å². The number of likely N-dealkylation sites (tertiary alicyclic amines) is 1. The number of carbonyl (C=O) groups is 1. The zero-order valence-electron chi connectivity index (χ0n) is 15.0. The number of aromatic nitrogens is 1. The molecule has 1 fully saturated rings. The summed E-state index contributed by atoms with van der Waals surface area (Å²) in [6.07, 6.45) is 10.5. The summed E-state index contributed by atoms with van der Waals surface area (Å²) in [5.74, 6) is 1.28. The molecule has 0 N–H and O–H groups in total. The maximum atomic E-state index is 13.1. The maximum Gasteiger partial charge on any atom is 0.259 e. The van der Waals surface area contributed by atoms with E-state index in [0.717, 1.165) is 32.5 Å². The minimum atomic E-state index is 0.0833. The van der Waals surface area contributed by atoms with Gasteiger partial charge in [-0.3, -0.25) is 4.79 Å². The van der Waals surface area contributed by atoms with Crippen LogP contribution in [0.5, 0.6) is 0 Å². The highest BCUT2D eigenvalue weighted by atomic mass is 16.5. The summed E-state index contributed by atoms with van der Waals surface area (Å²) in [5.41, 5.74) is 1.36. The lowest BCUT2D eigenvalue weighted by Gasteiger charge is -2.30. The molecule has 0 aromatic carbocycles. The van der Waals surface area contributed by atoms with Gasteiger partial charge < -0.3 is 14.3 Å². The lowest BCUT2D eigenvalue weighted by Crippen LogP contribution is -2.41. The number of allylic oxidation sites excluding steroid dienone is 2.